The van der Waals surface area contributed by atoms with Crippen LogP contribution in [0.3, 0.4) is 0 Å². The number of benzene rings is 1. The van der Waals surface area contributed by atoms with Crippen LogP contribution in [0, 0.1) is 0 Å². The number of hydrogen-bond donors (Lipinski definition) is 1. The Balaban J connectivity index is 2.66. The van der Waals surface area contributed by atoms with Crippen molar-refractivity contribution >= 4 is 5.97 Å². The molecule has 4 heteroatoms. The zero-order valence-electron chi connectivity index (χ0n) is 11.4. The Hall–Kier alpha value is -2.10. The second kappa shape index (κ2) is 5.26. The predicted octanol–water partition coefficient (Wildman–Crippen LogP) is 3.26. The molecular weight excluding hydrogens is 240 g/mol. The fourth-order valence-corrected chi connectivity index (χ4v) is 2.29. The first-order valence-electron chi connectivity index (χ1n) is 6.45. The average molecular weight is 258 g/mol. The zero-order chi connectivity index (χ0) is 14.0. The highest BCUT2D eigenvalue weighted by Gasteiger charge is 2.20. The number of aromatic carboxylic acids is 1. The van der Waals surface area contributed by atoms with Crippen molar-refractivity contribution in [1.29, 1.82) is 0 Å². The van der Waals surface area contributed by atoms with E-state index in [4.69, 9.17) is 0 Å². The van der Waals surface area contributed by atoms with Crippen LogP contribution < -0.4 is 0 Å². The standard InChI is InChI=1S/C15H18N2O2/c1-4-11-7-5-6-8-13(11)17-14(10(2)3)12(9-16-17)15(18)19/h5-10H,4H2,1-3H3,(H,18,19). The van der Waals surface area contributed by atoms with Gasteiger partial charge in [0.05, 0.1) is 17.6 Å². The third kappa shape index (κ3) is 2.38. The topological polar surface area (TPSA) is 55.1 Å². The van der Waals surface area contributed by atoms with E-state index in [0.717, 1.165) is 23.4 Å². The smallest absolute Gasteiger partial charge is 0.339 e. The van der Waals surface area contributed by atoms with Gasteiger partial charge in [-0.2, -0.15) is 5.10 Å². The number of hydrogen-bond acceptors (Lipinski definition) is 2. The molecule has 0 amide bonds. The minimum Gasteiger partial charge on any atom is -0.478 e. The molecule has 0 aliphatic rings. The van der Waals surface area contributed by atoms with Gasteiger partial charge in [-0.15, -0.1) is 0 Å². The summed E-state index contributed by atoms with van der Waals surface area (Å²) in [6.07, 6.45) is 2.32. The molecular formula is C15H18N2O2. The summed E-state index contributed by atoms with van der Waals surface area (Å²) in [5, 5.41) is 13.5. The molecule has 0 aliphatic heterocycles. The Kier molecular flexibility index (Phi) is 3.69. The normalized spacial score (nSPS) is 10.9. The number of carboxylic acids is 1. The van der Waals surface area contributed by atoms with Crippen LogP contribution in [0.25, 0.3) is 5.69 Å². The van der Waals surface area contributed by atoms with E-state index < -0.39 is 5.97 Å². The molecule has 0 atom stereocenters. The van der Waals surface area contributed by atoms with E-state index in [2.05, 4.69) is 12.0 Å². The van der Waals surface area contributed by atoms with E-state index in [1.807, 2.05) is 38.1 Å². The maximum atomic E-state index is 11.3. The van der Waals surface area contributed by atoms with Gasteiger partial charge in [0.2, 0.25) is 0 Å². The van der Waals surface area contributed by atoms with E-state index in [1.54, 1.807) is 4.68 Å². The van der Waals surface area contributed by atoms with Gasteiger partial charge in [-0.05, 0) is 24.0 Å². The molecule has 0 spiro atoms. The molecule has 0 aliphatic carbocycles. The van der Waals surface area contributed by atoms with Gasteiger partial charge in [0.25, 0.3) is 0 Å². The fraction of sp³-hybridized carbons (Fsp3) is 0.333. The molecule has 2 aromatic rings. The summed E-state index contributed by atoms with van der Waals surface area (Å²) in [6, 6.07) is 7.95. The summed E-state index contributed by atoms with van der Waals surface area (Å²) in [5.74, 6) is -0.831. The molecule has 0 unspecified atom stereocenters. The van der Waals surface area contributed by atoms with Gasteiger partial charge in [-0.3, -0.25) is 0 Å². The van der Waals surface area contributed by atoms with E-state index in [0.29, 0.717) is 0 Å². The first-order valence-corrected chi connectivity index (χ1v) is 6.45. The third-order valence-electron chi connectivity index (χ3n) is 3.18. The van der Waals surface area contributed by atoms with Crippen LogP contribution in [0.5, 0.6) is 0 Å². The van der Waals surface area contributed by atoms with Crippen LogP contribution in [0.2, 0.25) is 0 Å². The highest BCUT2D eigenvalue weighted by atomic mass is 16.4. The van der Waals surface area contributed by atoms with E-state index in [9.17, 15) is 9.90 Å². The molecule has 4 nitrogen and oxygen atoms in total. The molecule has 0 fully saturated rings. The lowest BCUT2D eigenvalue weighted by atomic mass is 10.0. The molecule has 2 rings (SSSR count). The van der Waals surface area contributed by atoms with Gasteiger partial charge in [-0.1, -0.05) is 39.0 Å². The SMILES string of the molecule is CCc1ccccc1-n1ncc(C(=O)O)c1C(C)C. The summed E-state index contributed by atoms with van der Waals surface area (Å²) >= 11 is 0. The van der Waals surface area contributed by atoms with Crippen LogP contribution in [-0.4, -0.2) is 20.9 Å². The van der Waals surface area contributed by atoms with Crippen molar-refractivity contribution in [3.8, 4) is 5.69 Å². The van der Waals surface area contributed by atoms with Gasteiger partial charge >= 0.3 is 5.97 Å². The van der Waals surface area contributed by atoms with E-state index in [-0.39, 0.29) is 11.5 Å². The number of rotatable bonds is 4. The molecule has 1 N–H and O–H groups in total. The van der Waals surface area contributed by atoms with Crippen molar-refractivity contribution in [1.82, 2.24) is 9.78 Å². The van der Waals surface area contributed by atoms with Gasteiger partial charge < -0.3 is 5.11 Å². The van der Waals surface area contributed by atoms with Crippen LogP contribution in [0.1, 0.15) is 48.3 Å². The van der Waals surface area contributed by atoms with Crippen molar-refractivity contribution in [2.75, 3.05) is 0 Å². The van der Waals surface area contributed by atoms with Gasteiger partial charge in [0.1, 0.15) is 5.56 Å². The van der Waals surface area contributed by atoms with Crippen LogP contribution >= 0.6 is 0 Å². The minimum absolute atomic E-state index is 0.0958. The largest absolute Gasteiger partial charge is 0.478 e. The van der Waals surface area contributed by atoms with Crippen LogP contribution in [-0.2, 0) is 6.42 Å². The molecule has 0 bridgehead atoms. The molecule has 1 aromatic carbocycles. The van der Waals surface area contributed by atoms with Gasteiger partial charge in [0.15, 0.2) is 0 Å². The predicted molar refractivity (Wildman–Crippen MR) is 74.0 cm³/mol. The Bertz CT molecular complexity index is 600. The number of aryl methyl sites for hydroxylation is 1. The summed E-state index contributed by atoms with van der Waals surface area (Å²) < 4.78 is 1.76. The Morgan fingerprint density at radius 2 is 2.05 bits per heavy atom. The van der Waals surface area contributed by atoms with Crippen molar-refractivity contribution < 1.29 is 9.90 Å². The Morgan fingerprint density at radius 3 is 2.63 bits per heavy atom. The number of para-hydroxylation sites is 1. The van der Waals surface area contributed by atoms with Crippen molar-refractivity contribution in [2.45, 2.75) is 33.1 Å². The lowest BCUT2D eigenvalue weighted by Crippen LogP contribution is -2.09. The number of aromatic nitrogens is 2. The minimum atomic E-state index is -0.927. The van der Waals surface area contributed by atoms with E-state index >= 15 is 0 Å². The van der Waals surface area contributed by atoms with Crippen molar-refractivity contribution in [2.24, 2.45) is 0 Å². The summed E-state index contributed by atoms with van der Waals surface area (Å²) in [5.41, 5.74) is 3.14. The maximum absolute atomic E-state index is 11.3. The fourth-order valence-electron chi connectivity index (χ4n) is 2.29. The van der Waals surface area contributed by atoms with Crippen molar-refractivity contribution in [3.63, 3.8) is 0 Å². The first-order chi connectivity index (χ1) is 9.06. The van der Waals surface area contributed by atoms with Gasteiger partial charge in [0, 0.05) is 0 Å². The quantitative estimate of drug-likeness (QED) is 0.915. The lowest BCUT2D eigenvalue weighted by Gasteiger charge is -2.14. The summed E-state index contributed by atoms with van der Waals surface area (Å²) in [4.78, 5) is 11.3. The summed E-state index contributed by atoms with van der Waals surface area (Å²) in [7, 11) is 0. The lowest BCUT2D eigenvalue weighted by molar-refractivity contribution is 0.0695. The van der Waals surface area contributed by atoms with E-state index in [1.165, 1.54) is 6.20 Å². The van der Waals surface area contributed by atoms with Crippen LogP contribution in [0.15, 0.2) is 30.5 Å². The second-order valence-corrected chi connectivity index (χ2v) is 4.80. The van der Waals surface area contributed by atoms with Gasteiger partial charge in [-0.25, -0.2) is 9.48 Å². The molecule has 0 saturated carbocycles. The second-order valence-electron chi connectivity index (χ2n) is 4.80. The highest BCUT2D eigenvalue weighted by Crippen LogP contribution is 2.25. The molecule has 1 aromatic heterocycles. The zero-order valence-corrected chi connectivity index (χ0v) is 11.4. The summed E-state index contributed by atoms with van der Waals surface area (Å²) in [6.45, 7) is 6.04. The first kappa shape index (κ1) is 13.3. The third-order valence-corrected chi connectivity index (χ3v) is 3.18. The maximum Gasteiger partial charge on any atom is 0.339 e. The van der Waals surface area contributed by atoms with Crippen LogP contribution in [0.4, 0.5) is 0 Å². The monoisotopic (exact) mass is 258 g/mol. The molecule has 19 heavy (non-hydrogen) atoms. The number of nitrogens with zero attached hydrogens (tertiary/aromatic N) is 2. The molecule has 1 heterocycles. The molecule has 0 radical (unpaired) electrons. The molecule has 0 saturated heterocycles. The number of carboxylic acid groups (broad SMARTS) is 1. The Labute approximate surface area is 112 Å². The molecule has 100 valence electrons. The average Bonchev–Trinajstić information content (AvgIpc) is 2.83. The van der Waals surface area contributed by atoms with Crippen molar-refractivity contribution in [3.05, 3.63) is 47.3 Å². The Morgan fingerprint density at radius 1 is 1.37 bits per heavy atom. The number of carbonyl (C=O) groups is 1. The highest BCUT2D eigenvalue weighted by molar-refractivity contribution is 5.89.